The van der Waals surface area contributed by atoms with E-state index >= 15 is 0 Å². The second kappa shape index (κ2) is 6.94. The van der Waals surface area contributed by atoms with Crippen molar-refractivity contribution >= 4 is 11.8 Å². The zero-order valence-electron chi connectivity index (χ0n) is 13.4. The summed E-state index contributed by atoms with van der Waals surface area (Å²) in [5.41, 5.74) is 5.73. The Bertz CT molecular complexity index is 474. The Morgan fingerprint density at radius 3 is 2.90 bits per heavy atom. The SMILES string of the molecule is CCC(=Cc1ccc2c(c1)CCN2C)CNCC(C)C. The van der Waals surface area contributed by atoms with Crippen molar-refractivity contribution in [2.45, 2.75) is 33.6 Å². The molecule has 1 aliphatic rings. The number of likely N-dealkylation sites (N-methyl/N-ethyl adjacent to an activating group) is 1. The van der Waals surface area contributed by atoms with E-state index in [0.717, 1.165) is 26.1 Å². The summed E-state index contributed by atoms with van der Waals surface area (Å²) >= 11 is 0. The molecule has 1 N–H and O–H groups in total. The van der Waals surface area contributed by atoms with Crippen molar-refractivity contribution in [3.8, 4) is 0 Å². The molecule has 0 aliphatic carbocycles. The van der Waals surface area contributed by atoms with Crippen LogP contribution in [0.15, 0.2) is 23.8 Å². The number of anilines is 1. The highest BCUT2D eigenvalue weighted by Gasteiger charge is 2.14. The van der Waals surface area contributed by atoms with Gasteiger partial charge in [-0.15, -0.1) is 0 Å². The van der Waals surface area contributed by atoms with Gasteiger partial charge in [0.25, 0.3) is 0 Å². The largest absolute Gasteiger partial charge is 0.374 e. The average Bonchev–Trinajstić information content (AvgIpc) is 2.78. The monoisotopic (exact) mass is 272 g/mol. The summed E-state index contributed by atoms with van der Waals surface area (Å²) < 4.78 is 0. The molecule has 0 atom stereocenters. The molecule has 0 spiro atoms. The Morgan fingerprint density at radius 1 is 1.40 bits per heavy atom. The first-order valence-corrected chi connectivity index (χ1v) is 7.84. The van der Waals surface area contributed by atoms with Crippen LogP contribution in [0, 0.1) is 5.92 Å². The molecule has 0 saturated carbocycles. The van der Waals surface area contributed by atoms with Crippen LogP contribution in [0.1, 0.15) is 38.3 Å². The Kier molecular flexibility index (Phi) is 5.24. The molecule has 1 aliphatic heterocycles. The normalized spacial score (nSPS) is 15.1. The molecule has 2 heteroatoms. The van der Waals surface area contributed by atoms with Crippen LogP contribution in [0.2, 0.25) is 0 Å². The van der Waals surface area contributed by atoms with E-state index in [2.05, 4.69) is 62.3 Å². The maximum Gasteiger partial charge on any atom is 0.0397 e. The van der Waals surface area contributed by atoms with E-state index in [4.69, 9.17) is 0 Å². The molecule has 0 radical (unpaired) electrons. The minimum Gasteiger partial charge on any atom is -0.374 e. The molecule has 110 valence electrons. The van der Waals surface area contributed by atoms with Gasteiger partial charge in [0.15, 0.2) is 0 Å². The molecule has 2 nitrogen and oxygen atoms in total. The fourth-order valence-corrected chi connectivity index (χ4v) is 2.71. The summed E-state index contributed by atoms with van der Waals surface area (Å²) in [6.07, 6.45) is 4.65. The number of hydrogen-bond donors (Lipinski definition) is 1. The van der Waals surface area contributed by atoms with Crippen molar-refractivity contribution in [1.82, 2.24) is 5.32 Å². The van der Waals surface area contributed by atoms with Gasteiger partial charge in [-0.2, -0.15) is 0 Å². The molecule has 0 saturated heterocycles. The lowest BCUT2D eigenvalue weighted by atomic mass is 10.0. The number of nitrogens with one attached hydrogen (secondary N) is 1. The first-order valence-electron chi connectivity index (χ1n) is 7.84. The highest BCUT2D eigenvalue weighted by molar-refractivity contribution is 5.64. The summed E-state index contributed by atoms with van der Waals surface area (Å²) in [6, 6.07) is 6.87. The fraction of sp³-hybridized carbons (Fsp3) is 0.556. The smallest absolute Gasteiger partial charge is 0.0397 e. The summed E-state index contributed by atoms with van der Waals surface area (Å²) in [4.78, 5) is 2.34. The highest BCUT2D eigenvalue weighted by Crippen LogP contribution is 2.28. The minimum atomic E-state index is 0.712. The number of rotatable bonds is 6. The van der Waals surface area contributed by atoms with E-state index in [1.54, 1.807) is 0 Å². The molecule has 0 unspecified atom stereocenters. The molecular weight excluding hydrogens is 244 g/mol. The Balaban J connectivity index is 2.04. The Labute approximate surface area is 123 Å². The predicted octanol–water partition coefficient (Wildman–Crippen LogP) is 3.72. The standard InChI is InChI=1S/C18H28N2/c1-5-15(13-19-12-14(2)3)10-16-6-7-18-17(11-16)8-9-20(18)4/h6-7,10-11,14,19H,5,8-9,12-13H2,1-4H3. The second-order valence-corrected chi connectivity index (χ2v) is 6.24. The van der Waals surface area contributed by atoms with E-state index in [0.29, 0.717) is 5.92 Å². The van der Waals surface area contributed by atoms with Crippen LogP contribution < -0.4 is 10.2 Å². The number of hydrogen-bond acceptors (Lipinski definition) is 2. The van der Waals surface area contributed by atoms with Crippen molar-refractivity contribution in [3.05, 3.63) is 34.9 Å². The van der Waals surface area contributed by atoms with Crippen LogP contribution in [-0.4, -0.2) is 26.7 Å². The summed E-state index contributed by atoms with van der Waals surface area (Å²) in [6.45, 7) is 9.99. The number of fused-ring (bicyclic) bond motifs is 1. The third-order valence-corrected chi connectivity index (χ3v) is 3.96. The number of benzene rings is 1. The quantitative estimate of drug-likeness (QED) is 0.849. The fourth-order valence-electron chi connectivity index (χ4n) is 2.71. The third kappa shape index (κ3) is 3.86. The van der Waals surface area contributed by atoms with E-state index in [-0.39, 0.29) is 0 Å². The van der Waals surface area contributed by atoms with Crippen molar-refractivity contribution < 1.29 is 0 Å². The van der Waals surface area contributed by atoms with Crippen LogP contribution in [-0.2, 0) is 6.42 Å². The minimum absolute atomic E-state index is 0.712. The molecule has 0 bridgehead atoms. The molecule has 1 aromatic carbocycles. The molecule has 0 aromatic heterocycles. The van der Waals surface area contributed by atoms with Crippen molar-refractivity contribution in [3.63, 3.8) is 0 Å². The van der Waals surface area contributed by atoms with Crippen LogP contribution >= 0.6 is 0 Å². The lowest BCUT2D eigenvalue weighted by Crippen LogP contribution is -2.21. The lowest BCUT2D eigenvalue weighted by Gasteiger charge is -2.12. The van der Waals surface area contributed by atoms with Gasteiger partial charge in [-0.1, -0.05) is 38.5 Å². The summed E-state index contributed by atoms with van der Waals surface area (Å²) in [5, 5.41) is 3.54. The van der Waals surface area contributed by atoms with Gasteiger partial charge in [0.2, 0.25) is 0 Å². The van der Waals surface area contributed by atoms with Gasteiger partial charge in [-0.05, 0) is 48.6 Å². The van der Waals surface area contributed by atoms with E-state index in [9.17, 15) is 0 Å². The zero-order chi connectivity index (χ0) is 14.5. The summed E-state index contributed by atoms with van der Waals surface area (Å²) in [5.74, 6) is 0.712. The summed E-state index contributed by atoms with van der Waals surface area (Å²) in [7, 11) is 2.18. The second-order valence-electron chi connectivity index (χ2n) is 6.24. The topological polar surface area (TPSA) is 15.3 Å². The highest BCUT2D eigenvalue weighted by atomic mass is 15.1. The Morgan fingerprint density at radius 2 is 2.20 bits per heavy atom. The van der Waals surface area contributed by atoms with E-state index in [1.807, 2.05) is 0 Å². The first kappa shape index (κ1) is 15.1. The van der Waals surface area contributed by atoms with Gasteiger partial charge in [0.05, 0.1) is 0 Å². The van der Waals surface area contributed by atoms with Crippen LogP contribution in [0.25, 0.3) is 6.08 Å². The lowest BCUT2D eigenvalue weighted by molar-refractivity contribution is 0.569. The zero-order valence-corrected chi connectivity index (χ0v) is 13.4. The molecule has 0 amide bonds. The molecule has 1 heterocycles. The molecule has 20 heavy (non-hydrogen) atoms. The van der Waals surface area contributed by atoms with Gasteiger partial charge in [0.1, 0.15) is 0 Å². The van der Waals surface area contributed by atoms with Crippen molar-refractivity contribution in [1.29, 1.82) is 0 Å². The van der Waals surface area contributed by atoms with E-state index < -0.39 is 0 Å². The molecule has 0 fully saturated rings. The predicted molar refractivity (Wildman–Crippen MR) is 89.4 cm³/mol. The van der Waals surface area contributed by atoms with Crippen molar-refractivity contribution in [2.75, 3.05) is 31.6 Å². The van der Waals surface area contributed by atoms with Gasteiger partial charge in [-0.3, -0.25) is 0 Å². The van der Waals surface area contributed by atoms with Gasteiger partial charge in [-0.25, -0.2) is 0 Å². The average molecular weight is 272 g/mol. The maximum atomic E-state index is 3.54. The first-order chi connectivity index (χ1) is 9.60. The third-order valence-electron chi connectivity index (χ3n) is 3.96. The van der Waals surface area contributed by atoms with Gasteiger partial charge < -0.3 is 10.2 Å². The maximum absolute atomic E-state index is 3.54. The van der Waals surface area contributed by atoms with Crippen LogP contribution in [0.5, 0.6) is 0 Å². The van der Waals surface area contributed by atoms with Crippen LogP contribution in [0.3, 0.4) is 0 Å². The van der Waals surface area contributed by atoms with Crippen LogP contribution in [0.4, 0.5) is 5.69 Å². The Hall–Kier alpha value is -1.28. The van der Waals surface area contributed by atoms with E-state index in [1.165, 1.54) is 28.8 Å². The molecular formula is C18H28N2. The van der Waals surface area contributed by atoms with Crippen molar-refractivity contribution in [2.24, 2.45) is 5.92 Å². The number of nitrogens with zero attached hydrogens (tertiary/aromatic N) is 1. The molecule has 1 aromatic rings. The molecule has 2 rings (SSSR count). The van der Waals surface area contributed by atoms with Gasteiger partial charge in [0, 0.05) is 25.8 Å². The van der Waals surface area contributed by atoms with Gasteiger partial charge >= 0.3 is 0 Å².